The van der Waals surface area contributed by atoms with Crippen LogP contribution in [0.3, 0.4) is 0 Å². The van der Waals surface area contributed by atoms with Gasteiger partial charge in [-0.2, -0.15) is 0 Å². The van der Waals surface area contributed by atoms with Crippen molar-refractivity contribution in [2.24, 2.45) is 0 Å². The number of rotatable bonds is 5. The molecular weight excluding hydrogens is 736 g/mol. The van der Waals surface area contributed by atoms with Gasteiger partial charge in [-0.25, -0.2) is 0 Å². The van der Waals surface area contributed by atoms with E-state index in [1.54, 1.807) is 18.3 Å². The molecule has 0 bridgehead atoms. The predicted octanol–water partition coefficient (Wildman–Crippen LogP) is 9.31. The number of nitrogens with zero attached hydrogens (tertiary/aromatic N) is 4. The third-order valence-corrected chi connectivity index (χ3v) is 9.17. The van der Waals surface area contributed by atoms with Crippen molar-refractivity contribution < 1.29 is 25.5 Å². The van der Waals surface area contributed by atoms with Crippen LogP contribution in [0.25, 0.3) is 50.0 Å². The molecule has 0 saturated heterocycles. The maximum atomic E-state index is 8.18. The number of pyridine rings is 1. The van der Waals surface area contributed by atoms with E-state index in [1.807, 2.05) is 34.9 Å². The molecule has 45 heavy (non-hydrogen) atoms. The van der Waals surface area contributed by atoms with E-state index in [-0.39, 0.29) is 0 Å². The van der Waals surface area contributed by atoms with Crippen molar-refractivity contribution >= 4 is 32.8 Å². The van der Waals surface area contributed by atoms with Crippen LogP contribution >= 0.6 is 0 Å². The zero-order valence-electron chi connectivity index (χ0n) is 25.9. The van der Waals surface area contributed by atoms with Gasteiger partial charge in [0.15, 0.2) is 0 Å². The Morgan fingerprint density at radius 2 is 1.40 bits per heavy atom. The molecule has 0 atom stereocenters. The van der Waals surface area contributed by atoms with Crippen molar-refractivity contribution in [3.63, 3.8) is 0 Å². The second kappa shape index (κ2) is 10.9. The Morgan fingerprint density at radius 1 is 0.689 bits per heavy atom. The fraction of sp³-hybridized carbons (Fsp3) is 0.0769. The average Bonchev–Trinajstić information content (AvgIpc) is 3.52. The average molecular weight is 765 g/mol. The second-order valence-corrected chi connectivity index (χ2v) is 12.2. The first kappa shape index (κ1) is 26.4. The number of fused-ring (bicyclic) bond motifs is 4. The van der Waals surface area contributed by atoms with E-state index < -0.39 is 0 Å². The van der Waals surface area contributed by atoms with Gasteiger partial charge in [-0.05, 0) is 6.07 Å². The summed E-state index contributed by atoms with van der Waals surface area (Å²) in [5.41, 5.74) is 9.85. The standard InChI is InChI=1S/C39H28N4O.Pt/c1-26-21-27(2)39(28(3)22-26)42-25-41(35-15-6-7-16-36(35)42)29-11-10-12-30(23-29)44-31-18-19-33-32-13-4-5-14-34(32)43(37(33)24-31)38-17-8-9-20-40-38;/h4-22H,1-3H3;/q-2;/i8D;. The molecule has 6 heteroatoms. The van der Waals surface area contributed by atoms with Crippen molar-refractivity contribution in [1.29, 1.82) is 0 Å². The van der Waals surface area contributed by atoms with Gasteiger partial charge in [0.2, 0.25) is 0 Å². The van der Waals surface area contributed by atoms with Gasteiger partial charge >= 0.3 is 243 Å². The monoisotopic (exact) mass is 764 g/mol. The fourth-order valence-corrected chi connectivity index (χ4v) is 7.51. The van der Waals surface area contributed by atoms with Crippen LogP contribution in [0.5, 0.6) is 11.5 Å². The molecule has 3 aromatic heterocycles. The van der Waals surface area contributed by atoms with Gasteiger partial charge < -0.3 is 0 Å². The molecule has 0 N–H and O–H groups in total. The molecular formula is C39H28N4OPt-2. The molecule has 0 aliphatic carbocycles. The predicted molar refractivity (Wildman–Crippen MR) is 176 cm³/mol. The van der Waals surface area contributed by atoms with Gasteiger partial charge in [0.25, 0.3) is 0 Å². The van der Waals surface area contributed by atoms with Crippen LogP contribution in [0.15, 0.2) is 115 Å². The molecule has 8 rings (SSSR count). The van der Waals surface area contributed by atoms with Gasteiger partial charge in [-0.3, -0.25) is 0 Å². The van der Waals surface area contributed by atoms with Gasteiger partial charge in [-0.1, -0.05) is 18.2 Å². The SMILES string of the molecule is [2H]c1ccnc(-n2c3[c-]c(Oc4[c-]c(-n5[c](=[Pt])n(-c6c(C)cc(C)cc6C)c6ccccc65)ccc4)ccc3c3ccccc32)c1. The van der Waals surface area contributed by atoms with Crippen molar-refractivity contribution in [3.05, 3.63) is 148 Å². The number of imidazole rings is 1. The van der Waals surface area contributed by atoms with Gasteiger partial charge in [0, 0.05) is 6.20 Å². The molecule has 0 unspecified atom stereocenters. The van der Waals surface area contributed by atoms with E-state index in [0.29, 0.717) is 23.4 Å². The Balaban J connectivity index is 1.24. The zero-order valence-corrected chi connectivity index (χ0v) is 27.2. The van der Waals surface area contributed by atoms with Crippen molar-refractivity contribution in [3.8, 4) is 28.7 Å². The minimum atomic E-state index is 0.399. The molecule has 0 amide bonds. The number of aromatic nitrogens is 4. The third kappa shape index (κ3) is 4.58. The summed E-state index contributed by atoms with van der Waals surface area (Å²) in [6.07, 6.45) is 1.66. The van der Waals surface area contributed by atoms with Crippen molar-refractivity contribution in [2.75, 3.05) is 0 Å². The Hall–Kier alpha value is -4.99. The van der Waals surface area contributed by atoms with Crippen LogP contribution in [-0.2, 0) is 19.4 Å². The summed E-state index contributed by atoms with van der Waals surface area (Å²) in [5, 5.41) is 2.13. The van der Waals surface area contributed by atoms with Crippen LogP contribution < -0.4 is 4.74 Å². The summed E-state index contributed by atoms with van der Waals surface area (Å²) >= 11 is 2.42. The Bertz CT molecular complexity index is 2520. The van der Waals surface area contributed by atoms with Crippen molar-refractivity contribution in [2.45, 2.75) is 20.8 Å². The van der Waals surface area contributed by atoms with E-state index in [2.05, 4.69) is 127 Å². The van der Waals surface area contributed by atoms with Gasteiger partial charge in [0.1, 0.15) is 0 Å². The van der Waals surface area contributed by atoms with Crippen LogP contribution in [-0.4, -0.2) is 18.7 Å². The number of ether oxygens (including phenoxy) is 1. The molecule has 222 valence electrons. The first-order chi connectivity index (χ1) is 22.4. The van der Waals surface area contributed by atoms with Crippen LogP contribution in [0.2, 0.25) is 0 Å². The minimum absolute atomic E-state index is 0.399. The summed E-state index contributed by atoms with van der Waals surface area (Å²) in [6.45, 7) is 6.50. The quantitative estimate of drug-likeness (QED) is 0.164. The molecule has 0 aliphatic rings. The molecule has 8 aromatic rings. The molecule has 0 spiro atoms. The molecule has 3 heterocycles. The van der Waals surface area contributed by atoms with E-state index in [4.69, 9.17) is 6.11 Å². The number of hydrogen-bond acceptors (Lipinski definition) is 2. The van der Waals surface area contributed by atoms with Crippen LogP contribution in [0, 0.1) is 36.7 Å². The Kier molecular flexibility index (Phi) is 6.38. The first-order valence-electron chi connectivity index (χ1n) is 15.2. The fourth-order valence-electron chi connectivity index (χ4n) is 6.43. The van der Waals surface area contributed by atoms with E-state index >= 15 is 0 Å². The van der Waals surface area contributed by atoms with Gasteiger partial charge in [0.05, 0.1) is 1.37 Å². The Labute approximate surface area is 273 Å². The molecule has 0 radical (unpaired) electrons. The Morgan fingerprint density at radius 3 is 2.18 bits per heavy atom. The number of aryl methyl sites for hydroxylation is 3. The normalized spacial score (nSPS) is 11.9. The van der Waals surface area contributed by atoms with Crippen LogP contribution in [0.4, 0.5) is 0 Å². The molecule has 5 aromatic carbocycles. The van der Waals surface area contributed by atoms with E-state index in [0.717, 1.165) is 42.3 Å². The number of hydrogen-bond donors (Lipinski definition) is 0. The summed E-state index contributed by atoms with van der Waals surface area (Å²) in [7, 11) is 0. The van der Waals surface area contributed by atoms with Crippen LogP contribution in [0.1, 0.15) is 18.1 Å². The summed E-state index contributed by atoms with van der Waals surface area (Å²) in [5.74, 6) is 1.83. The summed E-state index contributed by atoms with van der Waals surface area (Å²) in [6, 6.07) is 42.0. The molecule has 0 saturated carbocycles. The molecule has 0 aliphatic heterocycles. The summed E-state index contributed by atoms with van der Waals surface area (Å²) < 4.78 is 22.3. The maximum absolute atomic E-state index is 8.18. The van der Waals surface area contributed by atoms with E-state index in [9.17, 15) is 0 Å². The first-order valence-corrected chi connectivity index (χ1v) is 15.9. The second-order valence-electron chi connectivity index (χ2n) is 11.2. The molecule has 5 nitrogen and oxygen atoms in total. The van der Waals surface area contributed by atoms with Crippen molar-refractivity contribution in [1.82, 2.24) is 18.7 Å². The third-order valence-electron chi connectivity index (χ3n) is 8.15. The number of para-hydroxylation sites is 3. The topological polar surface area (TPSA) is 36.9 Å². The zero-order chi connectivity index (χ0) is 31.5. The van der Waals surface area contributed by atoms with Gasteiger partial charge in [-0.15, -0.1) is 0 Å². The van der Waals surface area contributed by atoms with E-state index in [1.165, 1.54) is 22.4 Å². The molecule has 0 fully saturated rings. The number of benzene rings is 5. The summed E-state index contributed by atoms with van der Waals surface area (Å²) in [4.78, 5) is 4.58.